The highest BCUT2D eigenvalue weighted by atomic mass is 79.9. The number of rotatable bonds is 3. The van der Waals surface area contributed by atoms with Gasteiger partial charge in [0.05, 0.1) is 6.61 Å². The van der Waals surface area contributed by atoms with E-state index in [0.29, 0.717) is 6.42 Å². The highest BCUT2D eigenvalue weighted by Gasteiger charge is 2.18. The number of hydrogen-bond acceptors (Lipinski definition) is 2. The van der Waals surface area contributed by atoms with Crippen LogP contribution in [-0.4, -0.2) is 12.4 Å². The van der Waals surface area contributed by atoms with Gasteiger partial charge in [0.1, 0.15) is 5.75 Å². The van der Waals surface area contributed by atoms with Crippen molar-refractivity contribution in [3.05, 3.63) is 39.4 Å². The summed E-state index contributed by atoms with van der Waals surface area (Å²) in [7, 11) is 0. The molecule has 1 heterocycles. The van der Waals surface area contributed by atoms with Crippen LogP contribution in [0, 0.1) is 0 Å². The molecule has 1 aliphatic heterocycles. The first-order valence-electron chi connectivity index (χ1n) is 5.68. The Morgan fingerprint density at radius 2 is 2.24 bits per heavy atom. The zero-order chi connectivity index (χ0) is 12.4. The van der Waals surface area contributed by atoms with Gasteiger partial charge in [0.2, 0.25) is 0 Å². The van der Waals surface area contributed by atoms with E-state index in [9.17, 15) is 4.79 Å². The number of fused-ring (bicyclic) bond motifs is 1. The second kappa shape index (κ2) is 5.05. The Balaban J connectivity index is 2.27. The first-order valence-corrected chi connectivity index (χ1v) is 6.47. The van der Waals surface area contributed by atoms with E-state index < -0.39 is 0 Å². The molecule has 0 spiro atoms. The highest BCUT2D eigenvalue weighted by molar-refractivity contribution is 9.10. The van der Waals surface area contributed by atoms with Crippen LogP contribution in [0.1, 0.15) is 25.0 Å². The van der Waals surface area contributed by atoms with Crippen LogP contribution < -0.4 is 4.74 Å². The number of ether oxygens (including phenoxy) is 1. The molecule has 0 saturated heterocycles. The molecule has 0 atom stereocenters. The third-order valence-corrected chi connectivity index (χ3v) is 3.10. The van der Waals surface area contributed by atoms with Gasteiger partial charge in [-0.05, 0) is 37.6 Å². The van der Waals surface area contributed by atoms with Gasteiger partial charge >= 0.3 is 0 Å². The molecule has 0 unspecified atom stereocenters. The van der Waals surface area contributed by atoms with Gasteiger partial charge in [-0.1, -0.05) is 21.5 Å². The van der Waals surface area contributed by atoms with Crippen molar-refractivity contribution in [1.29, 1.82) is 0 Å². The highest BCUT2D eigenvalue weighted by Crippen LogP contribution is 2.33. The van der Waals surface area contributed by atoms with Gasteiger partial charge in [-0.3, -0.25) is 4.79 Å². The summed E-state index contributed by atoms with van der Waals surface area (Å²) in [5.74, 6) is 1.03. The summed E-state index contributed by atoms with van der Waals surface area (Å²) in [6.07, 6.45) is 3.02. The van der Waals surface area contributed by atoms with E-state index in [1.54, 1.807) is 6.08 Å². The quantitative estimate of drug-likeness (QED) is 0.798. The lowest BCUT2D eigenvalue weighted by Crippen LogP contribution is -2.01. The van der Waals surface area contributed by atoms with Crippen molar-refractivity contribution in [2.45, 2.75) is 26.7 Å². The molecule has 0 aromatic heterocycles. The van der Waals surface area contributed by atoms with Crippen LogP contribution in [0.25, 0.3) is 0 Å². The molecule has 0 saturated carbocycles. The zero-order valence-corrected chi connectivity index (χ0v) is 11.6. The van der Waals surface area contributed by atoms with Crippen molar-refractivity contribution in [3.8, 4) is 5.75 Å². The number of carbonyl (C=O) groups is 1. The Hall–Kier alpha value is -1.09. The topological polar surface area (TPSA) is 26.3 Å². The number of benzene rings is 1. The summed E-state index contributed by atoms with van der Waals surface area (Å²) in [6.45, 7) is 4.58. The van der Waals surface area contributed by atoms with Crippen LogP contribution in [-0.2, 0) is 17.6 Å². The first kappa shape index (κ1) is 12.4. The molecule has 0 fully saturated rings. The minimum absolute atomic E-state index is 0.126. The van der Waals surface area contributed by atoms with Crippen molar-refractivity contribution in [2.24, 2.45) is 0 Å². The van der Waals surface area contributed by atoms with Crippen molar-refractivity contribution in [1.82, 2.24) is 0 Å². The molecule has 3 heteroatoms. The summed E-state index contributed by atoms with van der Waals surface area (Å²) in [6, 6.07) is 4.04. The van der Waals surface area contributed by atoms with E-state index in [1.807, 2.05) is 19.9 Å². The molecular formula is C14H15BrO2. The SMILES string of the molecule is CC(C)=CC(=O)Cc1cc(Br)cc2c1OCC2. The lowest BCUT2D eigenvalue weighted by Gasteiger charge is -2.07. The van der Waals surface area contributed by atoms with E-state index in [4.69, 9.17) is 4.74 Å². The maximum Gasteiger partial charge on any atom is 0.160 e. The number of ketones is 1. The molecule has 17 heavy (non-hydrogen) atoms. The molecule has 2 rings (SSSR count). The van der Waals surface area contributed by atoms with Gasteiger partial charge in [-0.2, -0.15) is 0 Å². The lowest BCUT2D eigenvalue weighted by molar-refractivity contribution is -0.114. The van der Waals surface area contributed by atoms with Crippen LogP contribution in [0.5, 0.6) is 5.75 Å². The fraction of sp³-hybridized carbons (Fsp3) is 0.357. The van der Waals surface area contributed by atoms with E-state index in [2.05, 4.69) is 22.0 Å². The third kappa shape index (κ3) is 2.97. The summed E-state index contributed by atoms with van der Waals surface area (Å²) in [4.78, 5) is 11.8. The van der Waals surface area contributed by atoms with E-state index >= 15 is 0 Å². The summed E-state index contributed by atoms with van der Waals surface area (Å²) in [5.41, 5.74) is 3.20. The molecule has 0 N–H and O–H groups in total. The maximum absolute atomic E-state index is 11.8. The van der Waals surface area contributed by atoms with Gasteiger partial charge in [0.25, 0.3) is 0 Å². The van der Waals surface area contributed by atoms with Crippen molar-refractivity contribution in [2.75, 3.05) is 6.61 Å². The largest absolute Gasteiger partial charge is 0.493 e. The number of allylic oxidation sites excluding steroid dienone is 2. The van der Waals surface area contributed by atoms with E-state index in [-0.39, 0.29) is 5.78 Å². The molecule has 1 aliphatic rings. The fourth-order valence-corrected chi connectivity index (χ4v) is 2.59. The smallest absolute Gasteiger partial charge is 0.160 e. The standard InChI is InChI=1S/C14H15BrO2/c1-9(2)5-13(16)8-11-7-12(15)6-10-3-4-17-14(10)11/h5-7H,3-4,8H2,1-2H3. The molecule has 0 aliphatic carbocycles. The molecule has 1 aromatic carbocycles. The maximum atomic E-state index is 11.8. The van der Waals surface area contributed by atoms with Gasteiger partial charge in [-0.15, -0.1) is 0 Å². The molecule has 0 bridgehead atoms. The third-order valence-electron chi connectivity index (χ3n) is 2.64. The average Bonchev–Trinajstić information content (AvgIpc) is 2.63. The molecule has 1 aromatic rings. The second-order valence-corrected chi connectivity index (χ2v) is 5.43. The molecule has 0 radical (unpaired) electrons. The van der Waals surface area contributed by atoms with Crippen LogP contribution in [0.2, 0.25) is 0 Å². The Labute approximate surface area is 110 Å². The number of halogens is 1. The van der Waals surface area contributed by atoms with Crippen LogP contribution in [0.15, 0.2) is 28.3 Å². The Kier molecular flexibility index (Phi) is 3.67. The lowest BCUT2D eigenvalue weighted by atomic mass is 10.0. The van der Waals surface area contributed by atoms with Crippen LogP contribution in [0.4, 0.5) is 0 Å². The number of carbonyl (C=O) groups excluding carboxylic acids is 1. The van der Waals surface area contributed by atoms with Gasteiger partial charge in [-0.25, -0.2) is 0 Å². The van der Waals surface area contributed by atoms with Crippen LogP contribution >= 0.6 is 15.9 Å². The summed E-state index contributed by atoms with van der Waals surface area (Å²) in [5, 5.41) is 0. The minimum Gasteiger partial charge on any atom is -0.493 e. The van der Waals surface area contributed by atoms with Crippen LogP contribution in [0.3, 0.4) is 0 Å². The molecule has 90 valence electrons. The Morgan fingerprint density at radius 1 is 1.47 bits per heavy atom. The first-order chi connectivity index (χ1) is 8.06. The van der Waals surface area contributed by atoms with Gasteiger partial charge in [0, 0.05) is 22.9 Å². The molecular weight excluding hydrogens is 280 g/mol. The van der Waals surface area contributed by atoms with Gasteiger partial charge < -0.3 is 4.74 Å². The van der Waals surface area contributed by atoms with Gasteiger partial charge in [0.15, 0.2) is 5.78 Å². The normalized spacial score (nSPS) is 12.9. The predicted molar refractivity (Wildman–Crippen MR) is 71.5 cm³/mol. The average molecular weight is 295 g/mol. The van der Waals surface area contributed by atoms with Crippen molar-refractivity contribution >= 4 is 21.7 Å². The monoisotopic (exact) mass is 294 g/mol. The molecule has 0 amide bonds. The van der Waals surface area contributed by atoms with Crippen molar-refractivity contribution in [3.63, 3.8) is 0 Å². The summed E-state index contributed by atoms with van der Waals surface area (Å²) >= 11 is 3.47. The number of hydrogen-bond donors (Lipinski definition) is 0. The molecule has 2 nitrogen and oxygen atoms in total. The minimum atomic E-state index is 0.126. The Morgan fingerprint density at radius 3 is 2.94 bits per heavy atom. The Bertz CT molecular complexity index is 485. The fourth-order valence-electron chi connectivity index (χ4n) is 2.04. The zero-order valence-electron chi connectivity index (χ0n) is 10.0. The van der Waals surface area contributed by atoms with Crippen molar-refractivity contribution < 1.29 is 9.53 Å². The van der Waals surface area contributed by atoms with E-state index in [0.717, 1.165) is 34.4 Å². The van der Waals surface area contributed by atoms with E-state index in [1.165, 1.54) is 5.56 Å². The summed E-state index contributed by atoms with van der Waals surface area (Å²) < 4.78 is 6.61. The second-order valence-electron chi connectivity index (χ2n) is 4.52. The predicted octanol–water partition coefficient (Wildman–Crippen LogP) is 3.46.